The average molecular weight is 423 g/mol. The Balaban J connectivity index is 1.61. The molecule has 1 amide bonds. The summed E-state index contributed by atoms with van der Waals surface area (Å²) in [6, 6.07) is 8.04. The van der Waals surface area contributed by atoms with E-state index in [4.69, 9.17) is 4.74 Å². The molecule has 3 aliphatic rings. The molecule has 0 bridgehead atoms. The molecule has 3 saturated heterocycles. The predicted molar refractivity (Wildman–Crippen MR) is 113 cm³/mol. The summed E-state index contributed by atoms with van der Waals surface area (Å²) in [5, 5.41) is 0.521. The van der Waals surface area contributed by atoms with Crippen molar-refractivity contribution in [3.8, 4) is 0 Å². The van der Waals surface area contributed by atoms with Crippen molar-refractivity contribution < 1.29 is 17.9 Å². The largest absolute Gasteiger partial charge is 0.368 e. The lowest BCUT2D eigenvalue weighted by molar-refractivity contribution is -0.126. The average Bonchev–Trinajstić information content (AvgIpc) is 3.35. The van der Waals surface area contributed by atoms with Crippen molar-refractivity contribution in [1.82, 2.24) is 0 Å². The maximum atomic E-state index is 12.5. The smallest absolute Gasteiger partial charge is 0.277 e. The number of fused-ring (bicyclic) bond motifs is 1. The number of hydrogen-bond acceptors (Lipinski definition) is 5. The van der Waals surface area contributed by atoms with Crippen LogP contribution < -0.4 is 4.90 Å². The third kappa shape index (κ3) is 4.14. The first-order chi connectivity index (χ1) is 13.5. The lowest BCUT2D eigenvalue weighted by Gasteiger charge is -2.25. The molecule has 0 saturated carbocycles. The molecule has 0 spiro atoms. The van der Waals surface area contributed by atoms with Crippen molar-refractivity contribution in [2.45, 2.75) is 56.4 Å². The summed E-state index contributed by atoms with van der Waals surface area (Å²) in [5.74, 6) is -0.0111. The van der Waals surface area contributed by atoms with Gasteiger partial charge in [0, 0.05) is 17.5 Å². The van der Waals surface area contributed by atoms with E-state index in [0.29, 0.717) is 18.2 Å². The zero-order chi connectivity index (χ0) is 19.7. The van der Waals surface area contributed by atoms with Crippen molar-refractivity contribution in [3.05, 3.63) is 29.8 Å². The van der Waals surface area contributed by atoms with Crippen LogP contribution in [0.25, 0.3) is 0 Å². The van der Waals surface area contributed by atoms with Gasteiger partial charge < -0.3 is 9.64 Å². The van der Waals surface area contributed by atoms with Crippen LogP contribution in [0.4, 0.5) is 5.69 Å². The Morgan fingerprint density at radius 2 is 2.07 bits per heavy atom. The van der Waals surface area contributed by atoms with Gasteiger partial charge in [-0.05, 0) is 43.4 Å². The molecule has 3 heterocycles. The quantitative estimate of drug-likeness (QED) is 0.726. The van der Waals surface area contributed by atoms with Gasteiger partial charge in [-0.1, -0.05) is 37.2 Å². The highest BCUT2D eigenvalue weighted by molar-refractivity contribution is 8.16. The van der Waals surface area contributed by atoms with E-state index >= 15 is 0 Å². The van der Waals surface area contributed by atoms with Gasteiger partial charge >= 0.3 is 0 Å². The molecular formula is C20H26N2O4S2. The van der Waals surface area contributed by atoms with Crippen LogP contribution in [-0.4, -0.2) is 55.0 Å². The Hall–Kier alpha value is -1.38. The minimum absolute atomic E-state index is 0.0826. The molecule has 1 aromatic carbocycles. The molecule has 1 aromatic rings. The van der Waals surface area contributed by atoms with Crippen molar-refractivity contribution in [3.63, 3.8) is 0 Å². The van der Waals surface area contributed by atoms with Crippen LogP contribution in [-0.2, 0) is 25.8 Å². The highest BCUT2D eigenvalue weighted by Crippen LogP contribution is 2.41. The molecule has 0 unspecified atom stereocenters. The van der Waals surface area contributed by atoms with E-state index in [1.54, 1.807) is 0 Å². The Kier molecular flexibility index (Phi) is 5.81. The maximum Gasteiger partial charge on any atom is 0.277 e. The van der Waals surface area contributed by atoms with Crippen LogP contribution in [0.3, 0.4) is 0 Å². The van der Waals surface area contributed by atoms with Gasteiger partial charge in [0.05, 0.1) is 17.5 Å². The topological polar surface area (TPSA) is 76.0 Å². The summed E-state index contributed by atoms with van der Waals surface area (Å²) >= 11 is 1.41. The fourth-order valence-electron chi connectivity index (χ4n) is 4.01. The molecular weight excluding hydrogens is 396 g/mol. The van der Waals surface area contributed by atoms with Crippen molar-refractivity contribution in [1.29, 1.82) is 0 Å². The lowest BCUT2D eigenvalue weighted by Crippen LogP contribution is -2.38. The Morgan fingerprint density at radius 3 is 2.75 bits per heavy atom. The SMILES string of the molecule is CCCCc1ccc(N2C(=NC(=O)[C@@H]3CCCO3)S[C@H]3CS(=O)(=O)C[C@@H]32)cc1. The first kappa shape index (κ1) is 19.9. The highest BCUT2D eigenvalue weighted by Gasteiger charge is 2.49. The maximum absolute atomic E-state index is 12.5. The second-order valence-electron chi connectivity index (χ2n) is 7.67. The highest BCUT2D eigenvalue weighted by atomic mass is 32.2. The number of anilines is 1. The number of nitrogens with zero attached hydrogens (tertiary/aromatic N) is 2. The molecule has 4 rings (SSSR count). The number of sulfone groups is 1. The number of amidine groups is 1. The van der Waals surface area contributed by atoms with E-state index in [1.165, 1.54) is 17.3 Å². The number of thioether (sulfide) groups is 1. The molecule has 28 heavy (non-hydrogen) atoms. The molecule has 3 aliphatic heterocycles. The zero-order valence-corrected chi connectivity index (χ0v) is 17.7. The van der Waals surface area contributed by atoms with Gasteiger partial charge in [-0.25, -0.2) is 8.42 Å². The van der Waals surface area contributed by atoms with Crippen LogP contribution in [0.2, 0.25) is 0 Å². The fraction of sp³-hybridized carbons (Fsp3) is 0.600. The molecule has 0 aromatic heterocycles. The standard InChI is InChI=1S/C20H26N2O4S2/c1-2-3-5-14-7-9-15(10-8-14)22-16-12-28(24,25)13-18(16)27-20(22)21-19(23)17-6-4-11-26-17/h7-10,16-18H,2-6,11-13H2,1H3/t16-,17-,18-/m0/s1. The summed E-state index contributed by atoms with van der Waals surface area (Å²) in [6.07, 6.45) is 4.44. The van der Waals surface area contributed by atoms with Crippen LogP contribution in [0, 0.1) is 0 Å². The third-order valence-corrected chi connectivity index (χ3v) is 8.72. The van der Waals surface area contributed by atoms with Gasteiger partial charge in [-0.2, -0.15) is 4.99 Å². The van der Waals surface area contributed by atoms with E-state index < -0.39 is 15.9 Å². The molecule has 8 heteroatoms. The molecule has 152 valence electrons. The van der Waals surface area contributed by atoms with Gasteiger partial charge in [-0.3, -0.25) is 4.79 Å². The number of aryl methyl sites for hydroxylation is 1. The van der Waals surface area contributed by atoms with E-state index in [0.717, 1.165) is 31.4 Å². The minimum Gasteiger partial charge on any atom is -0.368 e. The fourth-order valence-corrected chi connectivity index (χ4v) is 7.93. The first-order valence-electron chi connectivity index (χ1n) is 9.96. The third-order valence-electron chi connectivity index (χ3n) is 5.51. The second kappa shape index (κ2) is 8.16. The summed E-state index contributed by atoms with van der Waals surface area (Å²) in [5.41, 5.74) is 2.17. The first-order valence-corrected chi connectivity index (χ1v) is 12.7. The van der Waals surface area contributed by atoms with Crippen LogP contribution in [0.5, 0.6) is 0 Å². The predicted octanol–water partition coefficient (Wildman–Crippen LogP) is 2.81. The number of ether oxygens (including phenoxy) is 1. The number of hydrogen-bond donors (Lipinski definition) is 0. The van der Waals surface area contributed by atoms with E-state index in [2.05, 4.69) is 24.0 Å². The zero-order valence-electron chi connectivity index (χ0n) is 16.0. The van der Waals surface area contributed by atoms with Crippen molar-refractivity contribution in [2.24, 2.45) is 4.99 Å². The summed E-state index contributed by atoms with van der Waals surface area (Å²) in [4.78, 5) is 18.8. The number of rotatable bonds is 5. The van der Waals surface area contributed by atoms with Gasteiger partial charge in [0.15, 0.2) is 15.0 Å². The second-order valence-corrected chi connectivity index (χ2v) is 11.0. The van der Waals surface area contributed by atoms with Gasteiger partial charge in [0.1, 0.15) is 6.10 Å². The Labute approximate surface area is 170 Å². The number of carbonyl (C=O) groups is 1. The summed E-state index contributed by atoms with van der Waals surface area (Å²) in [6.45, 7) is 2.77. The Morgan fingerprint density at radius 1 is 1.29 bits per heavy atom. The van der Waals surface area contributed by atoms with E-state index in [-0.39, 0.29) is 28.7 Å². The van der Waals surface area contributed by atoms with Crippen molar-refractivity contribution in [2.75, 3.05) is 23.0 Å². The number of aliphatic imine (C=N–C) groups is 1. The minimum atomic E-state index is -3.06. The lowest BCUT2D eigenvalue weighted by atomic mass is 10.1. The molecule has 0 aliphatic carbocycles. The summed E-state index contributed by atoms with van der Waals surface area (Å²) < 4.78 is 29.8. The van der Waals surface area contributed by atoms with Crippen LogP contribution >= 0.6 is 11.8 Å². The normalized spacial score (nSPS) is 30.1. The van der Waals surface area contributed by atoms with Crippen LogP contribution in [0.1, 0.15) is 38.2 Å². The van der Waals surface area contributed by atoms with Crippen LogP contribution in [0.15, 0.2) is 29.3 Å². The number of benzene rings is 1. The molecule has 3 atom stereocenters. The number of amides is 1. The summed E-state index contributed by atoms with van der Waals surface area (Å²) in [7, 11) is -3.06. The number of unbranched alkanes of at least 4 members (excludes halogenated alkanes) is 1. The monoisotopic (exact) mass is 422 g/mol. The molecule has 3 fully saturated rings. The van der Waals surface area contributed by atoms with E-state index in [1.807, 2.05) is 17.0 Å². The van der Waals surface area contributed by atoms with Gasteiger partial charge in [-0.15, -0.1) is 0 Å². The van der Waals surface area contributed by atoms with E-state index in [9.17, 15) is 13.2 Å². The molecule has 0 N–H and O–H groups in total. The van der Waals surface area contributed by atoms with Gasteiger partial charge in [0.25, 0.3) is 5.91 Å². The Bertz CT molecular complexity index is 861. The van der Waals surface area contributed by atoms with Crippen molar-refractivity contribution >= 4 is 38.4 Å². The number of carbonyl (C=O) groups excluding carboxylic acids is 1. The molecule has 0 radical (unpaired) electrons. The van der Waals surface area contributed by atoms with Gasteiger partial charge in [0.2, 0.25) is 0 Å². The molecule has 6 nitrogen and oxygen atoms in total.